The summed E-state index contributed by atoms with van der Waals surface area (Å²) in [6.07, 6.45) is 1.91. The Hall–Kier alpha value is -2.73. The number of amides is 1. The smallest absolute Gasteiger partial charge is 0.237 e. The molecule has 0 radical (unpaired) electrons. The molecular formula is C22H24FN3O2. The van der Waals surface area contributed by atoms with E-state index in [0.29, 0.717) is 11.3 Å². The maximum Gasteiger partial charge on any atom is 0.237 e. The number of benzene rings is 2. The number of ether oxygens (including phenoxy) is 1. The zero-order valence-corrected chi connectivity index (χ0v) is 16.3. The number of hydrogen-bond donors (Lipinski definition) is 1. The van der Waals surface area contributed by atoms with Crippen LogP contribution in [-0.4, -0.2) is 37.4 Å². The number of aryl methyl sites for hydroxylation is 1. The van der Waals surface area contributed by atoms with Gasteiger partial charge in [-0.1, -0.05) is 6.07 Å². The molecule has 2 aromatic carbocycles. The predicted molar refractivity (Wildman–Crippen MR) is 109 cm³/mol. The number of hydrogen-bond acceptors (Lipinski definition) is 4. The fraction of sp³-hybridized carbons (Fsp3) is 0.364. The van der Waals surface area contributed by atoms with Crippen molar-refractivity contribution in [3.63, 3.8) is 0 Å². The van der Waals surface area contributed by atoms with Gasteiger partial charge in [0.1, 0.15) is 11.7 Å². The fourth-order valence-corrected chi connectivity index (χ4v) is 4.06. The third-order valence-electron chi connectivity index (χ3n) is 5.22. The number of anilines is 2. The maximum atomic E-state index is 14.2. The summed E-state index contributed by atoms with van der Waals surface area (Å²) in [6, 6.07) is 10.6. The molecule has 2 heterocycles. The molecule has 0 spiro atoms. The number of aliphatic imine (C=N–C) groups is 1. The number of halogens is 1. The predicted octanol–water partition coefficient (Wildman–Crippen LogP) is 4.19. The van der Waals surface area contributed by atoms with Crippen molar-refractivity contribution in [2.45, 2.75) is 38.9 Å². The van der Waals surface area contributed by atoms with E-state index in [2.05, 4.69) is 42.0 Å². The molecule has 6 heteroatoms. The summed E-state index contributed by atoms with van der Waals surface area (Å²) in [5, 5.41) is 2.71. The Bertz CT molecular complexity index is 933. The van der Waals surface area contributed by atoms with Crippen LogP contribution in [-0.2, 0) is 9.53 Å². The molecule has 3 atom stereocenters. The van der Waals surface area contributed by atoms with Gasteiger partial charge in [-0.15, -0.1) is 0 Å². The minimum Gasteiger partial charge on any atom is -0.372 e. The Morgan fingerprint density at radius 2 is 1.96 bits per heavy atom. The van der Waals surface area contributed by atoms with Crippen molar-refractivity contribution in [3.8, 4) is 0 Å². The van der Waals surface area contributed by atoms with Gasteiger partial charge in [0.15, 0.2) is 0 Å². The third-order valence-corrected chi connectivity index (χ3v) is 5.22. The van der Waals surface area contributed by atoms with Crippen LogP contribution in [0.2, 0.25) is 0 Å². The zero-order valence-electron chi connectivity index (χ0n) is 16.3. The Morgan fingerprint density at radius 3 is 2.68 bits per heavy atom. The van der Waals surface area contributed by atoms with Crippen molar-refractivity contribution in [3.05, 3.63) is 53.3 Å². The van der Waals surface area contributed by atoms with Crippen LogP contribution < -0.4 is 10.2 Å². The molecule has 1 amide bonds. The zero-order chi connectivity index (χ0) is 19.8. The van der Waals surface area contributed by atoms with Gasteiger partial charge in [-0.05, 0) is 56.7 Å². The molecule has 146 valence electrons. The summed E-state index contributed by atoms with van der Waals surface area (Å²) in [7, 11) is 0. The second kappa shape index (κ2) is 7.36. The summed E-state index contributed by atoms with van der Waals surface area (Å²) >= 11 is 0. The molecule has 0 aliphatic carbocycles. The summed E-state index contributed by atoms with van der Waals surface area (Å²) < 4.78 is 20.0. The normalized spacial score (nSPS) is 24.5. The van der Waals surface area contributed by atoms with Gasteiger partial charge < -0.3 is 15.0 Å². The highest BCUT2D eigenvalue weighted by molar-refractivity contribution is 6.12. The molecule has 1 N–H and O–H groups in total. The lowest BCUT2D eigenvalue weighted by atomic mass is 10.0. The van der Waals surface area contributed by atoms with Gasteiger partial charge >= 0.3 is 0 Å². The van der Waals surface area contributed by atoms with Crippen LogP contribution in [0.5, 0.6) is 0 Å². The molecular weight excluding hydrogens is 357 g/mol. The van der Waals surface area contributed by atoms with E-state index in [1.807, 2.05) is 12.1 Å². The summed E-state index contributed by atoms with van der Waals surface area (Å²) in [5.74, 6) is -1.36. The van der Waals surface area contributed by atoms with Gasteiger partial charge in [0.2, 0.25) is 5.91 Å². The van der Waals surface area contributed by atoms with Gasteiger partial charge in [-0.25, -0.2) is 4.39 Å². The van der Waals surface area contributed by atoms with Gasteiger partial charge in [0.25, 0.3) is 0 Å². The van der Waals surface area contributed by atoms with Crippen molar-refractivity contribution >= 4 is 29.2 Å². The highest BCUT2D eigenvalue weighted by Gasteiger charge is 2.32. The Balaban J connectivity index is 1.55. The topological polar surface area (TPSA) is 53.9 Å². The summed E-state index contributed by atoms with van der Waals surface area (Å²) in [6.45, 7) is 7.93. The first-order chi connectivity index (χ1) is 13.4. The number of nitrogens with one attached hydrogen (secondary N) is 1. The van der Waals surface area contributed by atoms with E-state index in [9.17, 15) is 9.18 Å². The van der Waals surface area contributed by atoms with Crippen LogP contribution in [0.25, 0.3) is 0 Å². The number of nitrogens with zero attached hydrogens (tertiary/aromatic N) is 2. The number of morpholine rings is 1. The van der Waals surface area contributed by atoms with Crippen LogP contribution in [0.15, 0.2) is 41.4 Å². The van der Waals surface area contributed by atoms with Crippen LogP contribution in [0, 0.1) is 12.7 Å². The largest absolute Gasteiger partial charge is 0.372 e. The van der Waals surface area contributed by atoms with Crippen molar-refractivity contribution in [2.24, 2.45) is 4.99 Å². The molecule has 2 aliphatic heterocycles. The van der Waals surface area contributed by atoms with Crippen molar-refractivity contribution in [1.82, 2.24) is 0 Å². The van der Waals surface area contributed by atoms with Gasteiger partial charge in [0.05, 0.1) is 17.9 Å². The molecule has 1 saturated heterocycles. The fourth-order valence-electron chi connectivity index (χ4n) is 4.06. The summed E-state index contributed by atoms with van der Waals surface area (Å²) in [5.41, 5.74) is 3.90. The van der Waals surface area contributed by atoms with E-state index < -0.39 is 11.7 Å². The molecule has 5 nitrogen and oxygen atoms in total. The molecule has 2 aromatic rings. The SMILES string of the molecule is Cc1cc(N=CC2C(=O)Nc3cccc(F)c32)ccc1N1CC(C)OC(C)C1. The van der Waals surface area contributed by atoms with E-state index in [0.717, 1.165) is 30.0 Å². The lowest BCUT2D eigenvalue weighted by Gasteiger charge is -2.37. The van der Waals surface area contributed by atoms with Crippen LogP contribution in [0.3, 0.4) is 0 Å². The average molecular weight is 381 g/mol. The van der Waals surface area contributed by atoms with Gasteiger partial charge in [-0.2, -0.15) is 0 Å². The standard InChI is InChI=1S/C22H24FN3O2/c1-13-9-16(7-8-20(13)26-11-14(2)28-15(3)12-26)24-10-17-21-18(23)5-4-6-19(21)25-22(17)27/h4-10,14-15,17H,11-12H2,1-3H3,(H,25,27). The van der Waals surface area contributed by atoms with E-state index in [4.69, 9.17) is 4.74 Å². The molecule has 1 fully saturated rings. The lowest BCUT2D eigenvalue weighted by Crippen LogP contribution is -2.45. The van der Waals surface area contributed by atoms with Gasteiger partial charge in [0, 0.05) is 36.2 Å². The van der Waals surface area contributed by atoms with Crippen LogP contribution in [0.4, 0.5) is 21.5 Å². The third kappa shape index (κ3) is 3.52. The van der Waals surface area contributed by atoms with E-state index in [1.165, 1.54) is 12.3 Å². The number of rotatable bonds is 3. The molecule has 28 heavy (non-hydrogen) atoms. The van der Waals surface area contributed by atoms with Crippen LogP contribution >= 0.6 is 0 Å². The number of carbonyl (C=O) groups excluding carboxylic acids is 1. The molecule has 0 bridgehead atoms. The van der Waals surface area contributed by atoms with Crippen molar-refractivity contribution < 1.29 is 13.9 Å². The first-order valence-corrected chi connectivity index (χ1v) is 9.57. The Morgan fingerprint density at radius 1 is 1.21 bits per heavy atom. The molecule has 3 unspecified atom stereocenters. The quantitative estimate of drug-likeness (QED) is 0.812. The van der Waals surface area contributed by atoms with E-state index in [1.54, 1.807) is 12.1 Å². The first kappa shape index (κ1) is 18.6. The molecule has 0 aromatic heterocycles. The number of carbonyl (C=O) groups is 1. The lowest BCUT2D eigenvalue weighted by molar-refractivity contribution is -0.115. The van der Waals surface area contributed by atoms with Crippen molar-refractivity contribution in [1.29, 1.82) is 0 Å². The maximum absolute atomic E-state index is 14.2. The molecule has 2 aliphatic rings. The van der Waals surface area contributed by atoms with Gasteiger partial charge in [-0.3, -0.25) is 9.79 Å². The number of fused-ring (bicyclic) bond motifs is 1. The minimum absolute atomic E-state index is 0.191. The Kier molecular flexibility index (Phi) is 4.89. The van der Waals surface area contributed by atoms with E-state index in [-0.39, 0.29) is 18.1 Å². The monoisotopic (exact) mass is 381 g/mol. The van der Waals surface area contributed by atoms with Crippen LogP contribution in [0.1, 0.15) is 30.9 Å². The Labute approximate surface area is 164 Å². The highest BCUT2D eigenvalue weighted by atomic mass is 19.1. The second-order valence-corrected chi connectivity index (χ2v) is 7.58. The first-order valence-electron chi connectivity index (χ1n) is 9.57. The van der Waals surface area contributed by atoms with E-state index >= 15 is 0 Å². The summed E-state index contributed by atoms with van der Waals surface area (Å²) in [4.78, 5) is 19.0. The molecule has 0 saturated carbocycles. The molecule has 4 rings (SSSR count). The highest BCUT2D eigenvalue weighted by Crippen LogP contribution is 2.34. The second-order valence-electron chi connectivity index (χ2n) is 7.58. The van der Waals surface area contributed by atoms with Crippen molar-refractivity contribution in [2.75, 3.05) is 23.3 Å². The minimum atomic E-state index is -0.711. The average Bonchev–Trinajstić information content (AvgIpc) is 2.95.